The maximum Gasteiger partial charge on any atom is 0.313 e. The second kappa shape index (κ2) is 9.15. The quantitative estimate of drug-likeness (QED) is 0.372. The normalized spacial score (nSPS) is 11.8. The fourth-order valence-corrected chi connectivity index (χ4v) is 3.27. The fourth-order valence-electron chi connectivity index (χ4n) is 3.27. The minimum atomic E-state index is -0.883. The number of likely N-dealkylation sites (N-methyl/N-ethyl adjacent to an activating group) is 1. The zero-order chi connectivity index (χ0) is 21.7. The van der Waals surface area contributed by atoms with Gasteiger partial charge in [-0.25, -0.2) is 0 Å². The molecule has 0 radical (unpaired) electrons. The van der Waals surface area contributed by atoms with Crippen LogP contribution in [-0.2, 0) is 9.59 Å². The molecule has 8 nitrogen and oxygen atoms in total. The van der Waals surface area contributed by atoms with Crippen molar-refractivity contribution in [2.75, 3.05) is 26.0 Å². The van der Waals surface area contributed by atoms with Crippen LogP contribution in [0, 0.1) is 10.1 Å². The molecule has 8 heteroatoms. The molecule has 1 atom stereocenters. The number of fused-ring (bicyclic) bond motifs is 1. The first-order chi connectivity index (χ1) is 14.4. The molecule has 1 unspecified atom stereocenters. The SMILES string of the molecule is CN(C)C(CNC(=O)C(=O)Nc1cccc([N+](=O)[O-])c1)c1cccc2ccccc12. The third-order valence-electron chi connectivity index (χ3n) is 4.78. The summed E-state index contributed by atoms with van der Waals surface area (Å²) in [4.78, 5) is 36.8. The Morgan fingerprint density at radius 1 is 1.00 bits per heavy atom. The number of nitro benzene ring substituents is 1. The molecular weight excluding hydrogens is 384 g/mol. The van der Waals surface area contributed by atoms with Gasteiger partial charge in [-0.05, 0) is 36.5 Å². The molecule has 0 spiro atoms. The predicted octanol–water partition coefficient (Wildman–Crippen LogP) is 3.11. The first-order valence-electron chi connectivity index (χ1n) is 9.34. The summed E-state index contributed by atoms with van der Waals surface area (Å²) >= 11 is 0. The van der Waals surface area contributed by atoms with Gasteiger partial charge in [0.05, 0.1) is 11.0 Å². The van der Waals surface area contributed by atoms with Crippen LogP contribution in [0.3, 0.4) is 0 Å². The van der Waals surface area contributed by atoms with Crippen LogP contribution < -0.4 is 10.6 Å². The Bertz CT molecular complexity index is 1090. The second-order valence-electron chi connectivity index (χ2n) is 7.02. The van der Waals surface area contributed by atoms with E-state index in [1.165, 1.54) is 24.3 Å². The molecular formula is C22H22N4O4. The largest absolute Gasteiger partial charge is 0.346 e. The first kappa shape index (κ1) is 20.9. The minimum Gasteiger partial charge on any atom is -0.346 e. The minimum absolute atomic E-state index is 0.148. The van der Waals surface area contributed by atoms with Gasteiger partial charge in [-0.3, -0.25) is 19.7 Å². The summed E-state index contributed by atoms with van der Waals surface area (Å²) in [5.41, 5.74) is 1.05. The highest BCUT2D eigenvalue weighted by Gasteiger charge is 2.20. The van der Waals surface area contributed by atoms with Crippen molar-refractivity contribution in [1.29, 1.82) is 0 Å². The Balaban J connectivity index is 1.70. The molecule has 2 N–H and O–H groups in total. The number of hydrogen-bond donors (Lipinski definition) is 2. The number of hydrogen-bond acceptors (Lipinski definition) is 5. The van der Waals surface area contributed by atoms with Crippen molar-refractivity contribution in [3.63, 3.8) is 0 Å². The zero-order valence-corrected chi connectivity index (χ0v) is 16.7. The Morgan fingerprint density at radius 2 is 1.70 bits per heavy atom. The molecule has 0 aliphatic carbocycles. The van der Waals surface area contributed by atoms with E-state index in [1.807, 2.05) is 61.5 Å². The number of nitrogens with one attached hydrogen (secondary N) is 2. The van der Waals surface area contributed by atoms with Crippen molar-refractivity contribution in [3.8, 4) is 0 Å². The van der Waals surface area contributed by atoms with Crippen LogP contribution in [0.2, 0.25) is 0 Å². The van der Waals surface area contributed by atoms with Gasteiger partial charge in [-0.1, -0.05) is 48.5 Å². The highest BCUT2D eigenvalue weighted by atomic mass is 16.6. The standard InChI is InChI=1S/C22H22N4O4/c1-25(2)20(19-12-5-8-15-7-3-4-11-18(15)19)14-23-21(27)22(28)24-16-9-6-10-17(13-16)26(29)30/h3-13,20H,14H2,1-2H3,(H,23,27)(H,24,28). The molecule has 0 saturated carbocycles. The van der Waals surface area contributed by atoms with Gasteiger partial charge < -0.3 is 15.5 Å². The Kier molecular flexibility index (Phi) is 6.38. The third kappa shape index (κ3) is 4.79. The number of nitrogens with zero attached hydrogens (tertiary/aromatic N) is 2. The molecule has 0 aromatic heterocycles. The summed E-state index contributed by atoms with van der Waals surface area (Å²) in [6.45, 7) is 0.224. The number of carbonyl (C=O) groups is 2. The molecule has 154 valence electrons. The molecule has 0 aliphatic rings. The van der Waals surface area contributed by atoms with Gasteiger partial charge in [0.1, 0.15) is 0 Å². The second-order valence-corrected chi connectivity index (χ2v) is 7.02. The number of carbonyl (C=O) groups excluding carboxylic acids is 2. The van der Waals surface area contributed by atoms with Crippen LogP contribution in [0.4, 0.5) is 11.4 Å². The van der Waals surface area contributed by atoms with Gasteiger partial charge >= 0.3 is 11.8 Å². The molecule has 3 rings (SSSR count). The lowest BCUT2D eigenvalue weighted by Gasteiger charge is -2.26. The summed E-state index contributed by atoms with van der Waals surface area (Å²) in [6.07, 6.45) is 0. The molecule has 3 aromatic carbocycles. The average molecular weight is 406 g/mol. The number of amides is 2. The van der Waals surface area contributed by atoms with E-state index in [4.69, 9.17) is 0 Å². The van der Waals surface area contributed by atoms with E-state index in [9.17, 15) is 19.7 Å². The monoisotopic (exact) mass is 406 g/mol. The number of anilines is 1. The highest BCUT2D eigenvalue weighted by Crippen LogP contribution is 2.26. The van der Waals surface area contributed by atoms with Crippen LogP contribution in [0.15, 0.2) is 66.7 Å². The van der Waals surface area contributed by atoms with E-state index >= 15 is 0 Å². The van der Waals surface area contributed by atoms with E-state index in [0.717, 1.165) is 16.3 Å². The Morgan fingerprint density at radius 3 is 2.43 bits per heavy atom. The van der Waals surface area contributed by atoms with E-state index in [2.05, 4.69) is 10.6 Å². The molecule has 0 bridgehead atoms. The Hall–Kier alpha value is -3.78. The number of nitro groups is 1. The zero-order valence-electron chi connectivity index (χ0n) is 16.7. The van der Waals surface area contributed by atoms with Crippen molar-refractivity contribution < 1.29 is 14.5 Å². The summed E-state index contributed by atoms with van der Waals surface area (Å²) in [6, 6.07) is 19.3. The van der Waals surface area contributed by atoms with Crippen LogP contribution in [0.5, 0.6) is 0 Å². The van der Waals surface area contributed by atoms with Gasteiger partial charge in [0, 0.05) is 24.4 Å². The molecule has 30 heavy (non-hydrogen) atoms. The van der Waals surface area contributed by atoms with Gasteiger partial charge in [0.25, 0.3) is 5.69 Å². The molecule has 0 saturated heterocycles. The van der Waals surface area contributed by atoms with Crippen LogP contribution in [-0.4, -0.2) is 42.3 Å². The summed E-state index contributed by atoms with van der Waals surface area (Å²) in [7, 11) is 3.81. The maximum absolute atomic E-state index is 12.3. The van der Waals surface area contributed by atoms with E-state index in [1.54, 1.807) is 0 Å². The summed E-state index contributed by atoms with van der Waals surface area (Å²) in [5, 5.41) is 18.1. The van der Waals surface area contributed by atoms with Gasteiger partial charge in [0.15, 0.2) is 0 Å². The predicted molar refractivity (Wildman–Crippen MR) is 115 cm³/mol. The number of non-ortho nitro benzene ring substituents is 1. The first-order valence-corrected chi connectivity index (χ1v) is 9.34. The van der Waals surface area contributed by atoms with Gasteiger partial charge in [-0.2, -0.15) is 0 Å². The molecule has 0 aliphatic heterocycles. The topological polar surface area (TPSA) is 105 Å². The summed E-state index contributed by atoms with van der Waals surface area (Å²) < 4.78 is 0. The van der Waals surface area contributed by atoms with Crippen molar-refractivity contribution in [2.45, 2.75) is 6.04 Å². The lowest BCUT2D eigenvalue weighted by molar-refractivity contribution is -0.384. The lowest BCUT2D eigenvalue weighted by Crippen LogP contribution is -2.40. The molecule has 3 aromatic rings. The lowest BCUT2D eigenvalue weighted by atomic mass is 9.98. The summed E-state index contributed by atoms with van der Waals surface area (Å²) in [5.74, 6) is -1.69. The molecule has 2 amide bonds. The van der Waals surface area contributed by atoms with Crippen molar-refractivity contribution in [2.24, 2.45) is 0 Å². The van der Waals surface area contributed by atoms with Crippen LogP contribution in [0.25, 0.3) is 10.8 Å². The van der Waals surface area contributed by atoms with Crippen LogP contribution >= 0.6 is 0 Å². The van der Waals surface area contributed by atoms with E-state index in [0.29, 0.717) is 0 Å². The number of benzene rings is 3. The number of rotatable bonds is 6. The van der Waals surface area contributed by atoms with E-state index in [-0.39, 0.29) is 24.0 Å². The van der Waals surface area contributed by atoms with Crippen molar-refractivity contribution >= 4 is 34.0 Å². The van der Waals surface area contributed by atoms with Crippen LogP contribution in [0.1, 0.15) is 11.6 Å². The van der Waals surface area contributed by atoms with Crippen molar-refractivity contribution in [1.82, 2.24) is 10.2 Å². The average Bonchev–Trinajstić information content (AvgIpc) is 2.73. The van der Waals surface area contributed by atoms with Gasteiger partial charge in [0.2, 0.25) is 0 Å². The van der Waals surface area contributed by atoms with Crippen molar-refractivity contribution in [3.05, 3.63) is 82.4 Å². The molecule has 0 fully saturated rings. The highest BCUT2D eigenvalue weighted by molar-refractivity contribution is 6.39. The smallest absolute Gasteiger partial charge is 0.313 e. The van der Waals surface area contributed by atoms with Gasteiger partial charge in [-0.15, -0.1) is 0 Å². The van der Waals surface area contributed by atoms with E-state index < -0.39 is 16.7 Å². The molecule has 0 heterocycles. The third-order valence-corrected chi connectivity index (χ3v) is 4.78. The Labute approximate surface area is 173 Å². The maximum atomic E-state index is 12.3. The fraction of sp³-hybridized carbons (Fsp3) is 0.182.